The van der Waals surface area contributed by atoms with E-state index in [0.717, 1.165) is 0 Å². The van der Waals surface area contributed by atoms with E-state index in [4.69, 9.17) is 11.1 Å². The van der Waals surface area contributed by atoms with Gasteiger partial charge in [0.2, 0.25) is 0 Å². The SMILES string of the molecule is CC(=N)N.[Rh+3]. The summed E-state index contributed by atoms with van der Waals surface area (Å²) in [5.41, 5.74) is 4.69. The van der Waals surface area contributed by atoms with Crippen LogP contribution in [0.1, 0.15) is 6.92 Å². The van der Waals surface area contributed by atoms with Crippen molar-refractivity contribution in [1.82, 2.24) is 0 Å². The summed E-state index contributed by atoms with van der Waals surface area (Å²) in [6.07, 6.45) is 0. The Balaban J connectivity index is 0. The molecule has 0 fully saturated rings. The zero-order valence-electron chi connectivity index (χ0n) is 2.91. The molecule has 0 amide bonds. The Labute approximate surface area is 44.0 Å². The van der Waals surface area contributed by atoms with Crippen LogP contribution in [0.2, 0.25) is 0 Å². The number of nitrogens with two attached hydrogens (primary N) is 1. The smallest absolute Gasteiger partial charge is 0.388 e. The Bertz CT molecular complexity index is 30.6. The molecular weight excluding hydrogens is 155 g/mol. The van der Waals surface area contributed by atoms with Crippen LogP contribution < -0.4 is 5.73 Å². The van der Waals surface area contributed by atoms with Crippen LogP contribution in [-0.4, -0.2) is 5.84 Å². The van der Waals surface area contributed by atoms with Crippen molar-refractivity contribution in [3.05, 3.63) is 0 Å². The van der Waals surface area contributed by atoms with Gasteiger partial charge in [-0.05, 0) is 6.92 Å². The second kappa shape index (κ2) is 4.09. The largest absolute Gasteiger partial charge is 3.00 e. The Morgan fingerprint density at radius 1 is 1.80 bits per heavy atom. The maximum atomic E-state index is 6.28. The molecule has 0 aromatic rings. The van der Waals surface area contributed by atoms with Gasteiger partial charge in [0, 0.05) is 0 Å². The normalized spacial score (nSPS) is 5.00. The molecule has 0 radical (unpaired) electrons. The predicted molar refractivity (Wildman–Crippen MR) is 17.6 cm³/mol. The van der Waals surface area contributed by atoms with Gasteiger partial charge in [-0.3, -0.25) is 5.41 Å². The van der Waals surface area contributed by atoms with Gasteiger partial charge in [0.25, 0.3) is 0 Å². The first-order chi connectivity index (χ1) is 1.73. The molecular formula is C2H6N2Rh+3. The Kier molecular flexibility index (Phi) is 7.30. The van der Waals surface area contributed by atoms with Gasteiger partial charge < -0.3 is 5.73 Å². The van der Waals surface area contributed by atoms with Gasteiger partial charge in [0.15, 0.2) is 0 Å². The van der Waals surface area contributed by atoms with Crippen molar-refractivity contribution in [2.24, 2.45) is 5.73 Å². The summed E-state index contributed by atoms with van der Waals surface area (Å²) in [6.45, 7) is 1.53. The van der Waals surface area contributed by atoms with Crippen molar-refractivity contribution in [2.75, 3.05) is 0 Å². The number of hydrogen-bond acceptors (Lipinski definition) is 1. The molecule has 0 heterocycles. The minimum absolute atomic E-state index is 0. The van der Waals surface area contributed by atoms with E-state index in [9.17, 15) is 0 Å². The number of amidine groups is 1. The van der Waals surface area contributed by atoms with E-state index in [1.807, 2.05) is 0 Å². The van der Waals surface area contributed by atoms with Crippen molar-refractivity contribution < 1.29 is 19.5 Å². The third-order valence-corrected chi connectivity index (χ3v) is 0. The summed E-state index contributed by atoms with van der Waals surface area (Å²) in [5.74, 6) is 0.167. The molecule has 0 unspecified atom stereocenters. The first kappa shape index (κ1) is 8.92. The van der Waals surface area contributed by atoms with Crippen molar-refractivity contribution >= 4 is 5.84 Å². The van der Waals surface area contributed by atoms with Gasteiger partial charge in [-0.2, -0.15) is 0 Å². The summed E-state index contributed by atoms with van der Waals surface area (Å²) >= 11 is 0. The molecule has 0 aromatic carbocycles. The van der Waals surface area contributed by atoms with Crippen molar-refractivity contribution in [1.29, 1.82) is 5.41 Å². The second-order valence-corrected chi connectivity index (χ2v) is 0.683. The van der Waals surface area contributed by atoms with Gasteiger partial charge in [-0.25, -0.2) is 0 Å². The van der Waals surface area contributed by atoms with Crippen LogP contribution in [0.4, 0.5) is 0 Å². The molecule has 0 spiro atoms. The second-order valence-electron chi connectivity index (χ2n) is 0.683. The van der Waals surface area contributed by atoms with E-state index < -0.39 is 0 Å². The maximum absolute atomic E-state index is 6.28. The van der Waals surface area contributed by atoms with Gasteiger partial charge in [-0.1, -0.05) is 0 Å². The average Bonchev–Trinajstić information content (AvgIpc) is 0.811. The van der Waals surface area contributed by atoms with Gasteiger partial charge in [0.05, 0.1) is 5.84 Å². The molecule has 3 N–H and O–H groups in total. The molecule has 3 heteroatoms. The summed E-state index contributed by atoms with van der Waals surface area (Å²) in [7, 11) is 0. The third kappa shape index (κ3) is 2060. The first-order valence-corrected chi connectivity index (χ1v) is 1.04. The minimum atomic E-state index is 0. The molecule has 0 atom stereocenters. The zero-order chi connectivity index (χ0) is 3.58. The predicted octanol–water partition coefficient (Wildman–Crippen LogP) is -0.0602. The molecule has 0 aromatic heterocycles. The van der Waals surface area contributed by atoms with Crippen LogP contribution in [0.25, 0.3) is 0 Å². The van der Waals surface area contributed by atoms with E-state index in [0.29, 0.717) is 0 Å². The number of rotatable bonds is 0. The van der Waals surface area contributed by atoms with Crippen LogP contribution >= 0.6 is 0 Å². The maximum Gasteiger partial charge on any atom is 3.00 e. The molecule has 5 heavy (non-hydrogen) atoms. The van der Waals surface area contributed by atoms with Crippen LogP contribution in [0.3, 0.4) is 0 Å². The number of hydrogen-bond donors (Lipinski definition) is 2. The van der Waals surface area contributed by atoms with E-state index in [1.165, 1.54) is 6.92 Å². The van der Waals surface area contributed by atoms with Gasteiger partial charge in [0.1, 0.15) is 0 Å². The molecule has 30 valence electrons. The minimum Gasteiger partial charge on any atom is -0.388 e. The van der Waals surface area contributed by atoms with Crippen molar-refractivity contribution in [2.45, 2.75) is 6.92 Å². The van der Waals surface area contributed by atoms with Crippen molar-refractivity contribution in [3.63, 3.8) is 0 Å². The summed E-state index contributed by atoms with van der Waals surface area (Å²) in [4.78, 5) is 0. The zero-order valence-corrected chi connectivity index (χ0v) is 4.55. The fourth-order valence-corrected chi connectivity index (χ4v) is 0. The molecule has 2 nitrogen and oxygen atoms in total. The molecule has 0 aliphatic carbocycles. The monoisotopic (exact) mass is 161 g/mol. The first-order valence-electron chi connectivity index (χ1n) is 1.04. The van der Waals surface area contributed by atoms with Crippen molar-refractivity contribution in [3.8, 4) is 0 Å². The standard InChI is InChI=1S/C2H6N2.Rh/c1-2(3)4;/h1H3,(H3,3,4);/q;+3. The van der Waals surface area contributed by atoms with E-state index in [1.54, 1.807) is 0 Å². The molecule has 0 aliphatic rings. The molecule has 0 bridgehead atoms. The van der Waals surface area contributed by atoms with E-state index >= 15 is 0 Å². The summed E-state index contributed by atoms with van der Waals surface area (Å²) < 4.78 is 0. The fourth-order valence-electron chi connectivity index (χ4n) is 0. The van der Waals surface area contributed by atoms with Crippen LogP contribution in [0.15, 0.2) is 0 Å². The topological polar surface area (TPSA) is 49.9 Å². The van der Waals surface area contributed by atoms with Gasteiger partial charge >= 0.3 is 19.5 Å². The Hall–Kier alpha value is 0.0934. The average molecular weight is 161 g/mol. The summed E-state index contributed by atoms with van der Waals surface area (Å²) in [6, 6.07) is 0. The van der Waals surface area contributed by atoms with E-state index in [2.05, 4.69) is 0 Å². The van der Waals surface area contributed by atoms with Gasteiger partial charge in [-0.15, -0.1) is 0 Å². The Morgan fingerprint density at radius 3 is 1.80 bits per heavy atom. The molecule has 0 rings (SSSR count). The quantitative estimate of drug-likeness (QED) is 0.292. The molecule has 0 aliphatic heterocycles. The fraction of sp³-hybridized carbons (Fsp3) is 0.500. The van der Waals surface area contributed by atoms with E-state index in [-0.39, 0.29) is 25.3 Å². The third-order valence-electron chi connectivity index (χ3n) is 0. The van der Waals surface area contributed by atoms with Crippen LogP contribution in [0, 0.1) is 5.41 Å². The summed E-state index contributed by atoms with van der Waals surface area (Å²) in [5, 5.41) is 6.28. The molecule has 0 saturated carbocycles. The number of nitrogens with one attached hydrogen (secondary N) is 1. The Morgan fingerprint density at radius 2 is 1.80 bits per heavy atom. The molecule has 0 saturated heterocycles. The van der Waals surface area contributed by atoms with Crippen LogP contribution in [0.5, 0.6) is 0 Å². The van der Waals surface area contributed by atoms with Crippen LogP contribution in [-0.2, 0) is 19.5 Å².